The third-order valence-corrected chi connectivity index (χ3v) is 3.11. The van der Waals surface area contributed by atoms with Crippen molar-refractivity contribution in [1.29, 1.82) is 0 Å². The van der Waals surface area contributed by atoms with E-state index >= 15 is 0 Å². The van der Waals surface area contributed by atoms with E-state index in [2.05, 4.69) is 32.6 Å². The quantitative estimate of drug-likeness (QED) is 0.697. The molecule has 0 aliphatic carbocycles. The molecule has 2 rings (SSSR count). The predicted octanol–water partition coefficient (Wildman–Crippen LogP) is 2.89. The molecular weight excluding hydrogens is 286 g/mol. The summed E-state index contributed by atoms with van der Waals surface area (Å²) in [5.74, 6) is 0. The van der Waals surface area contributed by atoms with Crippen molar-refractivity contribution >= 4 is 45.1 Å². The second-order valence-electron chi connectivity index (χ2n) is 2.31. The Kier molecular flexibility index (Phi) is 2.14. The highest BCUT2D eigenvalue weighted by atomic mass is 127. The van der Waals surface area contributed by atoms with Gasteiger partial charge in [-0.15, -0.1) is 0 Å². The van der Waals surface area contributed by atoms with Gasteiger partial charge in [0.1, 0.15) is 0 Å². The van der Waals surface area contributed by atoms with Crippen LogP contribution in [0.1, 0.15) is 0 Å². The average Bonchev–Trinajstić information content (AvgIpc) is 2.12. The molecule has 0 radical (unpaired) electrons. The van der Waals surface area contributed by atoms with E-state index in [1.54, 1.807) is 18.6 Å². The van der Waals surface area contributed by atoms with E-state index in [1.165, 1.54) is 0 Å². The van der Waals surface area contributed by atoms with E-state index in [0.29, 0.717) is 0 Å². The zero-order valence-corrected chi connectivity index (χ0v) is 8.87. The van der Waals surface area contributed by atoms with Crippen molar-refractivity contribution in [3.05, 3.63) is 33.2 Å². The van der Waals surface area contributed by atoms with Crippen LogP contribution in [0, 0.1) is 3.57 Å². The van der Waals surface area contributed by atoms with E-state index in [9.17, 15) is 0 Å². The summed E-state index contributed by atoms with van der Waals surface area (Å²) in [6.45, 7) is 0. The van der Waals surface area contributed by atoms with Gasteiger partial charge in [0.25, 0.3) is 0 Å². The highest BCUT2D eigenvalue weighted by molar-refractivity contribution is 14.1. The van der Waals surface area contributed by atoms with Crippen molar-refractivity contribution < 1.29 is 0 Å². The van der Waals surface area contributed by atoms with Crippen molar-refractivity contribution in [2.45, 2.75) is 0 Å². The first-order chi connectivity index (χ1) is 5.79. The maximum atomic E-state index is 6.04. The molecule has 12 heavy (non-hydrogen) atoms. The van der Waals surface area contributed by atoms with E-state index < -0.39 is 0 Å². The van der Waals surface area contributed by atoms with Gasteiger partial charge in [-0.05, 0) is 28.7 Å². The van der Waals surface area contributed by atoms with E-state index in [4.69, 9.17) is 11.6 Å². The minimum absolute atomic E-state index is 0.730. The minimum Gasteiger partial charge on any atom is -0.264 e. The topological polar surface area (TPSA) is 25.8 Å². The van der Waals surface area contributed by atoms with Crippen LogP contribution in [0.15, 0.2) is 24.7 Å². The van der Waals surface area contributed by atoms with Gasteiger partial charge in [0, 0.05) is 24.0 Å². The van der Waals surface area contributed by atoms with E-state index in [-0.39, 0.29) is 0 Å². The lowest BCUT2D eigenvalue weighted by atomic mass is 10.3. The molecule has 0 bridgehead atoms. The fourth-order valence-corrected chi connectivity index (χ4v) is 1.60. The molecule has 2 aromatic rings. The van der Waals surface area contributed by atoms with Crippen LogP contribution in [0.3, 0.4) is 0 Å². The number of pyridine rings is 2. The lowest BCUT2D eigenvalue weighted by molar-refractivity contribution is 1.32. The van der Waals surface area contributed by atoms with Gasteiger partial charge in [-0.3, -0.25) is 9.97 Å². The van der Waals surface area contributed by atoms with Crippen LogP contribution < -0.4 is 0 Å². The van der Waals surface area contributed by atoms with Crippen LogP contribution in [0.25, 0.3) is 10.9 Å². The lowest BCUT2D eigenvalue weighted by Gasteiger charge is -1.99. The number of aromatic nitrogens is 2. The number of rotatable bonds is 0. The standard InChI is InChI=1S/C8H4ClIN2/c9-8-5-3-11-2-1-7(5)12-4-6(8)10/h1-4H. The van der Waals surface area contributed by atoms with E-state index in [0.717, 1.165) is 19.5 Å². The summed E-state index contributed by atoms with van der Waals surface area (Å²) >= 11 is 8.19. The van der Waals surface area contributed by atoms with Crippen LogP contribution in [0.4, 0.5) is 0 Å². The number of nitrogens with zero attached hydrogens (tertiary/aromatic N) is 2. The van der Waals surface area contributed by atoms with Gasteiger partial charge in [-0.2, -0.15) is 0 Å². The van der Waals surface area contributed by atoms with Gasteiger partial charge in [0.15, 0.2) is 0 Å². The number of hydrogen-bond donors (Lipinski definition) is 0. The van der Waals surface area contributed by atoms with Crippen molar-refractivity contribution in [1.82, 2.24) is 9.97 Å². The Labute approximate surface area is 88.1 Å². The number of hydrogen-bond acceptors (Lipinski definition) is 2. The molecule has 0 aliphatic rings. The zero-order chi connectivity index (χ0) is 8.55. The Morgan fingerprint density at radius 3 is 3.00 bits per heavy atom. The monoisotopic (exact) mass is 290 g/mol. The summed E-state index contributed by atoms with van der Waals surface area (Å²) in [5, 5.41) is 1.64. The zero-order valence-electron chi connectivity index (χ0n) is 5.96. The Balaban J connectivity index is 2.91. The molecule has 2 nitrogen and oxygen atoms in total. The molecular formula is C8H4ClIN2. The van der Waals surface area contributed by atoms with Gasteiger partial charge in [-0.1, -0.05) is 11.6 Å². The van der Waals surface area contributed by atoms with Gasteiger partial charge in [0.2, 0.25) is 0 Å². The van der Waals surface area contributed by atoms with Gasteiger partial charge in [0.05, 0.1) is 14.1 Å². The molecule has 0 N–H and O–H groups in total. The smallest absolute Gasteiger partial charge is 0.0748 e. The van der Waals surface area contributed by atoms with Gasteiger partial charge in [-0.25, -0.2) is 0 Å². The highest BCUT2D eigenvalue weighted by Crippen LogP contribution is 2.25. The second kappa shape index (κ2) is 3.14. The summed E-state index contributed by atoms with van der Waals surface area (Å²) in [4.78, 5) is 8.20. The largest absolute Gasteiger partial charge is 0.264 e. The fourth-order valence-electron chi connectivity index (χ4n) is 0.980. The summed E-state index contributed by atoms with van der Waals surface area (Å²) in [6.07, 6.45) is 5.19. The molecule has 0 atom stereocenters. The maximum Gasteiger partial charge on any atom is 0.0748 e. The Morgan fingerprint density at radius 2 is 2.17 bits per heavy atom. The molecule has 4 heteroatoms. The van der Waals surface area contributed by atoms with E-state index in [1.807, 2.05) is 6.07 Å². The van der Waals surface area contributed by atoms with Crippen LogP contribution >= 0.6 is 34.2 Å². The second-order valence-corrected chi connectivity index (χ2v) is 3.85. The molecule has 0 saturated heterocycles. The third kappa shape index (κ3) is 1.27. The number of halogens is 2. The molecule has 0 aliphatic heterocycles. The first kappa shape index (κ1) is 8.19. The SMILES string of the molecule is Clc1c(I)cnc2ccncc12. The summed E-state index contributed by atoms with van der Waals surface area (Å²) < 4.78 is 0.953. The normalized spacial score (nSPS) is 10.5. The molecule has 0 fully saturated rings. The summed E-state index contributed by atoms with van der Waals surface area (Å²) in [7, 11) is 0. The molecule has 0 aromatic carbocycles. The predicted molar refractivity (Wildman–Crippen MR) is 57.3 cm³/mol. The van der Waals surface area contributed by atoms with Crippen molar-refractivity contribution in [2.24, 2.45) is 0 Å². The summed E-state index contributed by atoms with van der Waals surface area (Å²) in [5.41, 5.74) is 0.885. The molecule has 60 valence electrons. The van der Waals surface area contributed by atoms with Crippen LogP contribution in [0.5, 0.6) is 0 Å². The minimum atomic E-state index is 0.730. The molecule has 0 unspecified atom stereocenters. The Morgan fingerprint density at radius 1 is 1.33 bits per heavy atom. The molecule has 0 saturated carbocycles. The highest BCUT2D eigenvalue weighted by Gasteiger charge is 2.02. The number of fused-ring (bicyclic) bond motifs is 1. The first-order valence-electron chi connectivity index (χ1n) is 3.33. The Hall–Kier alpha value is -0.420. The third-order valence-electron chi connectivity index (χ3n) is 1.56. The van der Waals surface area contributed by atoms with Crippen LogP contribution in [-0.2, 0) is 0 Å². The first-order valence-corrected chi connectivity index (χ1v) is 4.78. The molecule has 2 aromatic heterocycles. The molecule has 0 spiro atoms. The molecule has 2 heterocycles. The Bertz CT molecular complexity index is 430. The van der Waals surface area contributed by atoms with Gasteiger partial charge >= 0.3 is 0 Å². The van der Waals surface area contributed by atoms with Gasteiger partial charge < -0.3 is 0 Å². The fraction of sp³-hybridized carbons (Fsp3) is 0. The lowest BCUT2D eigenvalue weighted by Crippen LogP contribution is -1.83. The molecule has 0 amide bonds. The van der Waals surface area contributed by atoms with Crippen molar-refractivity contribution in [3.63, 3.8) is 0 Å². The van der Waals surface area contributed by atoms with Crippen molar-refractivity contribution in [2.75, 3.05) is 0 Å². The average molecular weight is 290 g/mol. The van der Waals surface area contributed by atoms with Crippen LogP contribution in [-0.4, -0.2) is 9.97 Å². The summed E-state index contributed by atoms with van der Waals surface area (Å²) in [6, 6.07) is 1.84. The van der Waals surface area contributed by atoms with Crippen LogP contribution in [0.2, 0.25) is 5.02 Å². The maximum absolute atomic E-state index is 6.04. The van der Waals surface area contributed by atoms with Crippen molar-refractivity contribution in [3.8, 4) is 0 Å².